The first-order chi connectivity index (χ1) is 12.5. The van der Waals surface area contributed by atoms with Crippen LogP contribution >= 0.6 is 0 Å². The zero-order chi connectivity index (χ0) is 18.5. The van der Waals surface area contributed by atoms with E-state index in [1.54, 1.807) is 4.90 Å². The van der Waals surface area contributed by atoms with E-state index in [1.807, 2.05) is 0 Å². The van der Waals surface area contributed by atoms with Crippen LogP contribution < -0.4 is 5.32 Å². The molecule has 0 aliphatic carbocycles. The number of rotatable bonds is 4. The molecule has 0 aromatic heterocycles. The Labute approximate surface area is 153 Å². The van der Waals surface area contributed by atoms with Crippen LogP contribution in [0.15, 0.2) is 18.2 Å². The predicted molar refractivity (Wildman–Crippen MR) is 96.8 cm³/mol. The molecule has 1 unspecified atom stereocenters. The second-order valence-corrected chi connectivity index (χ2v) is 7.43. The lowest BCUT2D eigenvalue weighted by molar-refractivity contribution is 0.106. The maximum atomic E-state index is 13.7. The zero-order valence-electron chi connectivity index (χ0n) is 15.4. The topological polar surface area (TPSA) is 38.8 Å². The maximum Gasteiger partial charge on any atom is 0.317 e. The van der Waals surface area contributed by atoms with E-state index in [9.17, 15) is 13.6 Å². The number of nitrogens with zero attached hydrogens (tertiary/aromatic N) is 3. The molecular formula is C19H28F2N4O. The Kier molecular flexibility index (Phi) is 6.43. The number of likely N-dealkylation sites (tertiary alicyclic amines) is 1. The maximum absolute atomic E-state index is 13.7. The molecule has 7 heteroatoms. The SMILES string of the molecule is CN1CCN(CC2CCCN(C(=O)NCc3cccc(F)c3F)C2)CC1. The first-order valence-electron chi connectivity index (χ1n) is 9.39. The lowest BCUT2D eigenvalue weighted by Crippen LogP contribution is -2.50. The van der Waals surface area contributed by atoms with Gasteiger partial charge in [0.1, 0.15) is 0 Å². The molecule has 2 aliphatic rings. The minimum absolute atomic E-state index is 0.00204. The van der Waals surface area contributed by atoms with Gasteiger partial charge in [-0.1, -0.05) is 12.1 Å². The van der Waals surface area contributed by atoms with E-state index < -0.39 is 11.6 Å². The van der Waals surface area contributed by atoms with Gasteiger partial charge >= 0.3 is 6.03 Å². The molecule has 5 nitrogen and oxygen atoms in total. The van der Waals surface area contributed by atoms with Crippen molar-refractivity contribution in [2.75, 3.05) is 52.9 Å². The van der Waals surface area contributed by atoms with Gasteiger partial charge in [-0.15, -0.1) is 0 Å². The predicted octanol–water partition coefficient (Wildman–Crippen LogP) is 2.13. The summed E-state index contributed by atoms with van der Waals surface area (Å²) >= 11 is 0. The molecule has 2 amide bonds. The van der Waals surface area contributed by atoms with E-state index in [2.05, 4.69) is 22.2 Å². The van der Waals surface area contributed by atoms with Crippen LogP contribution in [0.3, 0.4) is 0 Å². The van der Waals surface area contributed by atoms with Crippen LogP contribution in [0.2, 0.25) is 0 Å². The van der Waals surface area contributed by atoms with Crippen molar-refractivity contribution in [2.24, 2.45) is 5.92 Å². The minimum atomic E-state index is -0.889. The number of amides is 2. The number of carbonyl (C=O) groups excluding carboxylic acids is 1. The summed E-state index contributed by atoms with van der Waals surface area (Å²) < 4.78 is 26.9. The lowest BCUT2D eigenvalue weighted by Gasteiger charge is -2.38. The van der Waals surface area contributed by atoms with Crippen LogP contribution in [-0.2, 0) is 6.54 Å². The van der Waals surface area contributed by atoms with Gasteiger partial charge in [0.05, 0.1) is 0 Å². The summed E-state index contributed by atoms with van der Waals surface area (Å²) in [6.07, 6.45) is 2.12. The molecule has 1 aromatic rings. The van der Waals surface area contributed by atoms with Crippen molar-refractivity contribution in [2.45, 2.75) is 19.4 Å². The highest BCUT2D eigenvalue weighted by Crippen LogP contribution is 2.19. The number of halogens is 2. The molecule has 2 aliphatic heterocycles. The van der Waals surface area contributed by atoms with Gasteiger partial charge in [0.15, 0.2) is 11.6 Å². The van der Waals surface area contributed by atoms with Crippen LogP contribution in [0.5, 0.6) is 0 Å². The van der Waals surface area contributed by atoms with E-state index in [0.29, 0.717) is 5.92 Å². The largest absolute Gasteiger partial charge is 0.334 e. The molecule has 2 heterocycles. The van der Waals surface area contributed by atoms with Gasteiger partial charge in [-0.05, 0) is 31.9 Å². The quantitative estimate of drug-likeness (QED) is 0.887. The average molecular weight is 366 g/mol. The second kappa shape index (κ2) is 8.77. The molecule has 26 heavy (non-hydrogen) atoms. The molecule has 2 saturated heterocycles. The lowest BCUT2D eigenvalue weighted by atomic mass is 9.97. The molecule has 0 bridgehead atoms. The van der Waals surface area contributed by atoms with Crippen molar-refractivity contribution in [1.82, 2.24) is 20.0 Å². The van der Waals surface area contributed by atoms with Crippen LogP contribution in [-0.4, -0.2) is 73.6 Å². The standard InChI is InChI=1S/C19H28F2N4O/c1-23-8-10-24(11-9-23)13-15-4-3-7-25(14-15)19(26)22-12-16-5-2-6-17(20)18(16)21/h2,5-6,15H,3-4,7-14H2,1H3,(H,22,26). The van der Waals surface area contributed by atoms with E-state index in [0.717, 1.165) is 64.7 Å². The third-order valence-corrected chi connectivity index (χ3v) is 5.38. The minimum Gasteiger partial charge on any atom is -0.334 e. The van der Waals surface area contributed by atoms with Gasteiger partial charge in [0.25, 0.3) is 0 Å². The molecule has 144 valence electrons. The zero-order valence-corrected chi connectivity index (χ0v) is 15.4. The summed E-state index contributed by atoms with van der Waals surface area (Å²) in [4.78, 5) is 19.1. The Hall–Kier alpha value is -1.73. The second-order valence-electron chi connectivity index (χ2n) is 7.43. The van der Waals surface area contributed by atoms with E-state index >= 15 is 0 Å². The summed E-state index contributed by atoms with van der Waals surface area (Å²) in [5.41, 5.74) is 0.171. The van der Waals surface area contributed by atoms with Crippen molar-refractivity contribution >= 4 is 6.03 Å². The first-order valence-corrected chi connectivity index (χ1v) is 9.39. The van der Waals surface area contributed by atoms with Crippen molar-refractivity contribution in [3.63, 3.8) is 0 Å². The van der Waals surface area contributed by atoms with Crippen molar-refractivity contribution < 1.29 is 13.6 Å². The molecule has 0 saturated carbocycles. The van der Waals surface area contributed by atoms with Crippen LogP contribution in [0.1, 0.15) is 18.4 Å². The third kappa shape index (κ3) is 4.92. The van der Waals surface area contributed by atoms with Gasteiger partial charge < -0.3 is 20.0 Å². The summed E-state index contributed by atoms with van der Waals surface area (Å²) in [5, 5.41) is 2.73. The highest BCUT2D eigenvalue weighted by Gasteiger charge is 2.26. The fourth-order valence-corrected chi connectivity index (χ4v) is 3.76. The molecule has 1 aromatic carbocycles. The van der Waals surface area contributed by atoms with Gasteiger partial charge in [-0.2, -0.15) is 0 Å². The first kappa shape index (κ1) is 19.0. The monoisotopic (exact) mass is 366 g/mol. The summed E-state index contributed by atoms with van der Waals surface area (Å²) in [7, 11) is 2.14. The molecule has 0 spiro atoms. The van der Waals surface area contributed by atoms with Gasteiger partial charge in [0.2, 0.25) is 0 Å². The molecule has 1 atom stereocenters. The van der Waals surface area contributed by atoms with Crippen LogP contribution in [0, 0.1) is 17.6 Å². The average Bonchev–Trinajstić information content (AvgIpc) is 2.65. The molecule has 1 N–H and O–H groups in total. The van der Waals surface area contributed by atoms with Gasteiger partial charge in [-0.3, -0.25) is 0 Å². The molecule has 0 radical (unpaired) electrons. The van der Waals surface area contributed by atoms with Crippen LogP contribution in [0.4, 0.5) is 13.6 Å². The molecule has 3 rings (SSSR count). The van der Waals surface area contributed by atoms with E-state index in [4.69, 9.17) is 0 Å². The molecule has 2 fully saturated rings. The Balaban J connectivity index is 1.47. The summed E-state index contributed by atoms with van der Waals surface area (Å²) in [6.45, 7) is 6.82. The number of benzene rings is 1. The van der Waals surface area contributed by atoms with Crippen LogP contribution in [0.25, 0.3) is 0 Å². The van der Waals surface area contributed by atoms with Crippen molar-refractivity contribution in [1.29, 1.82) is 0 Å². The van der Waals surface area contributed by atoms with Gasteiger partial charge in [0, 0.05) is 57.9 Å². The highest BCUT2D eigenvalue weighted by atomic mass is 19.2. The number of carbonyl (C=O) groups is 1. The van der Waals surface area contributed by atoms with E-state index in [-0.39, 0.29) is 18.1 Å². The smallest absolute Gasteiger partial charge is 0.317 e. The fourth-order valence-electron chi connectivity index (χ4n) is 3.76. The Morgan fingerprint density at radius 3 is 2.73 bits per heavy atom. The third-order valence-electron chi connectivity index (χ3n) is 5.38. The van der Waals surface area contributed by atoms with Crippen molar-refractivity contribution in [3.8, 4) is 0 Å². The number of likely N-dealkylation sites (N-methyl/N-ethyl adjacent to an activating group) is 1. The number of urea groups is 1. The number of nitrogens with one attached hydrogen (secondary N) is 1. The molecular weight excluding hydrogens is 338 g/mol. The van der Waals surface area contributed by atoms with Crippen molar-refractivity contribution in [3.05, 3.63) is 35.4 Å². The Bertz CT molecular complexity index is 620. The normalized spacial score (nSPS) is 22.4. The number of hydrogen-bond donors (Lipinski definition) is 1. The highest BCUT2D eigenvalue weighted by molar-refractivity contribution is 5.74. The van der Waals surface area contributed by atoms with E-state index in [1.165, 1.54) is 12.1 Å². The number of hydrogen-bond acceptors (Lipinski definition) is 3. The number of piperazine rings is 1. The Morgan fingerprint density at radius 2 is 1.96 bits per heavy atom. The Morgan fingerprint density at radius 1 is 1.19 bits per heavy atom. The summed E-state index contributed by atoms with van der Waals surface area (Å²) in [6, 6.07) is 3.82. The summed E-state index contributed by atoms with van der Waals surface area (Å²) in [5.74, 6) is -1.30. The number of piperidine rings is 1. The fraction of sp³-hybridized carbons (Fsp3) is 0.632. The van der Waals surface area contributed by atoms with Gasteiger partial charge in [-0.25, -0.2) is 13.6 Å².